The van der Waals surface area contributed by atoms with E-state index in [1.54, 1.807) is 30.3 Å². The smallest absolute Gasteiger partial charge is 0.243 e. The van der Waals surface area contributed by atoms with Crippen LogP contribution >= 0.6 is 35.3 Å². The summed E-state index contributed by atoms with van der Waals surface area (Å²) in [4.78, 5) is 24.1. The number of carbonyl (C=O) groups is 1. The van der Waals surface area contributed by atoms with Gasteiger partial charge in [-0.05, 0) is 6.42 Å². The highest BCUT2D eigenvalue weighted by molar-refractivity contribution is 14.0. The Balaban J connectivity index is 0.00000484. The first-order chi connectivity index (χ1) is 10.5. The minimum absolute atomic E-state index is 0. The van der Waals surface area contributed by atoms with Crippen molar-refractivity contribution in [3.8, 4) is 0 Å². The third-order valence-electron chi connectivity index (χ3n) is 3.18. The highest BCUT2D eigenvalue weighted by Crippen LogP contribution is 2.05. The van der Waals surface area contributed by atoms with Gasteiger partial charge in [0, 0.05) is 52.2 Å². The second-order valence-electron chi connectivity index (χ2n) is 5.31. The fourth-order valence-electron chi connectivity index (χ4n) is 1.72. The number of hydrogen-bond donors (Lipinski definition) is 1. The lowest BCUT2D eigenvalue weighted by atomic mass is 10.3. The summed E-state index contributed by atoms with van der Waals surface area (Å²) in [7, 11) is 5.48. The van der Waals surface area contributed by atoms with Gasteiger partial charge in [-0.15, -0.1) is 35.3 Å². The Hall–Kier alpha value is -0.900. The molecule has 0 aliphatic carbocycles. The van der Waals surface area contributed by atoms with Crippen LogP contribution in [-0.2, 0) is 11.2 Å². The monoisotopic (exact) mass is 453 g/mol. The van der Waals surface area contributed by atoms with Gasteiger partial charge in [0.15, 0.2) is 5.96 Å². The zero-order chi connectivity index (χ0) is 16.4. The molecule has 8 heteroatoms. The van der Waals surface area contributed by atoms with Gasteiger partial charge in [0.05, 0.1) is 5.01 Å². The molecule has 0 saturated carbocycles. The van der Waals surface area contributed by atoms with E-state index in [9.17, 15) is 4.79 Å². The van der Waals surface area contributed by atoms with Crippen molar-refractivity contribution in [2.75, 3.05) is 40.8 Å². The third kappa shape index (κ3) is 9.09. The average Bonchev–Trinajstić information content (AvgIpc) is 3.01. The Kier molecular flexibility index (Phi) is 12.0. The van der Waals surface area contributed by atoms with Crippen LogP contribution in [0, 0.1) is 0 Å². The largest absolute Gasteiger partial charge is 0.356 e. The number of nitrogens with one attached hydrogen (secondary N) is 1. The number of hydrogen-bond acceptors (Lipinski definition) is 4. The summed E-state index contributed by atoms with van der Waals surface area (Å²) in [6.07, 6.45) is 4.91. The molecule has 1 amide bonds. The molecule has 1 heterocycles. The molecule has 132 valence electrons. The summed E-state index contributed by atoms with van der Waals surface area (Å²) in [5, 5.41) is 6.43. The van der Waals surface area contributed by atoms with Gasteiger partial charge in [0.25, 0.3) is 0 Å². The van der Waals surface area contributed by atoms with Crippen molar-refractivity contribution in [3.05, 3.63) is 16.6 Å². The van der Waals surface area contributed by atoms with Crippen molar-refractivity contribution in [2.45, 2.75) is 26.2 Å². The van der Waals surface area contributed by atoms with Crippen molar-refractivity contribution in [2.24, 2.45) is 4.99 Å². The minimum Gasteiger partial charge on any atom is -0.356 e. The molecule has 1 N–H and O–H groups in total. The fourth-order valence-corrected chi connectivity index (χ4v) is 2.33. The number of halogens is 1. The number of rotatable bonds is 8. The molecule has 0 atom stereocenters. The van der Waals surface area contributed by atoms with E-state index in [-0.39, 0.29) is 36.4 Å². The van der Waals surface area contributed by atoms with E-state index in [1.165, 1.54) is 0 Å². The highest BCUT2D eigenvalue weighted by Gasteiger charge is 2.09. The zero-order valence-corrected chi connectivity index (χ0v) is 17.6. The molecule has 0 spiro atoms. The zero-order valence-electron chi connectivity index (χ0n) is 14.4. The Morgan fingerprint density at radius 3 is 2.70 bits per heavy atom. The Morgan fingerprint density at radius 2 is 2.13 bits per heavy atom. The van der Waals surface area contributed by atoms with Crippen molar-refractivity contribution < 1.29 is 4.79 Å². The maximum atomic E-state index is 11.7. The topological polar surface area (TPSA) is 60.8 Å². The number of aromatic nitrogens is 1. The van der Waals surface area contributed by atoms with Gasteiger partial charge in [0.1, 0.15) is 6.54 Å². The van der Waals surface area contributed by atoms with Crippen LogP contribution in [0.3, 0.4) is 0 Å². The van der Waals surface area contributed by atoms with Crippen LogP contribution in [0.25, 0.3) is 0 Å². The predicted molar refractivity (Wildman–Crippen MR) is 108 cm³/mol. The van der Waals surface area contributed by atoms with Crippen molar-refractivity contribution in [1.82, 2.24) is 20.1 Å². The van der Waals surface area contributed by atoms with Gasteiger partial charge >= 0.3 is 0 Å². The Labute approximate surface area is 160 Å². The van der Waals surface area contributed by atoms with E-state index in [0.717, 1.165) is 43.3 Å². The maximum Gasteiger partial charge on any atom is 0.243 e. The number of thiazole rings is 1. The molecule has 6 nitrogen and oxygen atoms in total. The van der Waals surface area contributed by atoms with Gasteiger partial charge in [-0.3, -0.25) is 4.79 Å². The Morgan fingerprint density at radius 1 is 1.39 bits per heavy atom. The van der Waals surface area contributed by atoms with Crippen LogP contribution in [0.4, 0.5) is 0 Å². The Bertz CT molecular complexity index is 464. The molecule has 23 heavy (non-hydrogen) atoms. The SMILES string of the molecule is CCCCNC(=NCC(=O)N(C)C)N(C)CCc1nccs1.I. The number of aliphatic imine (C=N–C) groups is 1. The van der Waals surface area contributed by atoms with Gasteiger partial charge in [-0.1, -0.05) is 13.3 Å². The summed E-state index contributed by atoms with van der Waals surface area (Å²) in [6, 6.07) is 0. The minimum atomic E-state index is 0. The van der Waals surface area contributed by atoms with E-state index in [0.29, 0.717) is 0 Å². The molecule has 0 fully saturated rings. The first-order valence-electron chi connectivity index (χ1n) is 7.62. The number of guanidine groups is 1. The van der Waals surface area contributed by atoms with Crippen LogP contribution < -0.4 is 5.32 Å². The second kappa shape index (κ2) is 12.5. The molecular formula is C15H28IN5OS. The molecule has 0 aliphatic heterocycles. The third-order valence-corrected chi connectivity index (χ3v) is 4.02. The number of nitrogens with zero attached hydrogens (tertiary/aromatic N) is 4. The summed E-state index contributed by atoms with van der Waals surface area (Å²) in [6.45, 7) is 4.01. The normalized spacial score (nSPS) is 10.9. The van der Waals surface area contributed by atoms with E-state index in [1.807, 2.05) is 18.6 Å². The molecule has 0 aliphatic rings. The number of amides is 1. The standard InChI is InChI=1S/C15H27N5OS.HI/c1-5-6-8-17-15(18-12-14(21)19(2)3)20(4)10-7-13-16-9-11-22-13;/h9,11H,5-8,10,12H2,1-4H3,(H,17,18);1H. The summed E-state index contributed by atoms with van der Waals surface area (Å²) < 4.78 is 0. The second-order valence-corrected chi connectivity index (χ2v) is 6.28. The molecule has 0 bridgehead atoms. The van der Waals surface area contributed by atoms with E-state index >= 15 is 0 Å². The first kappa shape index (κ1) is 22.1. The van der Waals surface area contributed by atoms with Gasteiger partial charge in [-0.2, -0.15) is 0 Å². The van der Waals surface area contributed by atoms with Gasteiger partial charge in [-0.25, -0.2) is 9.98 Å². The van der Waals surface area contributed by atoms with E-state index < -0.39 is 0 Å². The quantitative estimate of drug-likeness (QED) is 0.284. The van der Waals surface area contributed by atoms with E-state index in [2.05, 4.69) is 27.1 Å². The molecule has 0 radical (unpaired) electrons. The van der Waals surface area contributed by atoms with Crippen LogP contribution in [0.2, 0.25) is 0 Å². The molecule has 0 aromatic carbocycles. The van der Waals surface area contributed by atoms with Crippen LogP contribution in [0.1, 0.15) is 24.8 Å². The van der Waals surface area contributed by atoms with Crippen molar-refractivity contribution in [3.63, 3.8) is 0 Å². The predicted octanol–water partition coefficient (Wildman–Crippen LogP) is 2.07. The summed E-state index contributed by atoms with van der Waals surface area (Å²) in [5.41, 5.74) is 0. The molecule has 0 unspecified atom stereocenters. The van der Waals surface area contributed by atoms with E-state index in [4.69, 9.17) is 0 Å². The summed E-state index contributed by atoms with van der Waals surface area (Å²) >= 11 is 1.66. The van der Waals surface area contributed by atoms with Crippen molar-refractivity contribution >= 4 is 47.2 Å². The van der Waals surface area contributed by atoms with Crippen LogP contribution in [0.15, 0.2) is 16.6 Å². The van der Waals surface area contributed by atoms with Crippen molar-refractivity contribution in [1.29, 1.82) is 0 Å². The molecule has 1 rings (SSSR count). The number of unbranched alkanes of at least 4 members (excludes halogenated alkanes) is 1. The lowest BCUT2D eigenvalue weighted by Gasteiger charge is -2.22. The molecular weight excluding hydrogens is 425 g/mol. The lowest BCUT2D eigenvalue weighted by Crippen LogP contribution is -2.41. The average molecular weight is 453 g/mol. The molecule has 1 aromatic heterocycles. The van der Waals surface area contributed by atoms with Gasteiger partial charge in [0.2, 0.25) is 5.91 Å². The number of carbonyl (C=O) groups excluding carboxylic acids is 1. The molecule has 0 saturated heterocycles. The first-order valence-corrected chi connectivity index (χ1v) is 8.50. The lowest BCUT2D eigenvalue weighted by molar-refractivity contribution is -0.127. The number of likely N-dealkylation sites (N-methyl/N-ethyl adjacent to an activating group) is 2. The highest BCUT2D eigenvalue weighted by atomic mass is 127. The fraction of sp³-hybridized carbons (Fsp3) is 0.667. The summed E-state index contributed by atoms with van der Waals surface area (Å²) in [5.74, 6) is 0.781. The maximum absolute atomic E-state index is 11.7. The molecule has 1 aromatic rings. The van der Waals surface area contributed by atoms with Crippen LogP contribution in [0.5, 0.6) is 0 Å². The van der Waals surface area contributed by atoms with Crippen LogP contribution in [-0.4, -0.2) is 67.4 Å². The van der Waals surface area contributed by atoms with Gasteiger partial charge < -0.3 is 15.1 Å².